The van der Waals surface area contributed by atoms with Crippen molar-refractivity contribution >= 4 is 5.91 Å². The van der Waals surface area contributed by atoms with Gasteiger partial charge in [-0.05, 0) is 37.8 Å². The molecule has 0 spiro atoms. The number of nitrogens with one attached hydrogen (secondary N) is 1. The number of furan rings is 1. The molecule has 0 saturated carbocycles. The van der Waals surface area contributed by atoms with Crippen molar-refractivity contribution in [1.82, 2.24) is 15.3 Å². The lowest BCUT2D eigenvalue weighted by Crippen LogP contribution is -2.27. The first-order chi connectivity index (χ1) is 11.4. The number of amides is 1. The molecule has 24 heavy (non-hydrogen) atoms. The lowest BCUT2D eigenvalue weighted by molar-refractivity contribution is -0.142. The summed E-state index contributed by atoms with van der Waals surface area (Å²) in [6.45, 7) is 0.135. The van der Waals surface area contributed by atoms with E-state index >= 15 is 0 Å². The van der Waals surface area contributed by atoms with Crippen LogP contribution in [0.1, 0.15) is 46.2 Å². The van der Waals surface area contributed by atoms with Gasteiger partial charge in [0.05, 0.1) is 6.26 Å². The van der Waals surface area contributed by atoms with Crippen LogP contribution < -0.4 is 5.32 Å². The minimum Gasteiger partial charge on any atom is -0.459 e. The van der Waals surface area contributed by atoms with Crippen molar-refractivity contribution in [3.63, 3.8) is 0 Å². The van der Waals surface area contributed by atoms with E-state index in [4.69, 9.17) is 4.42 Å². The van der Waals surface area contributed by atoms with E-state index in [-0.39, 0.29) is 30.1 Å². The SMILES string of the molecule is O=C(NCCc1nc2c(c(C(F)(F)F)n1)CCCC2)c1ccco1. The normalized spacial score (nSPS) is 14.3. The highest BCUT2D eigenvalue weighted by Crippen LogP contribution is 2.34. The molecule has 1 N–H and O–H groups in total. The van der Waals surface area contributed by atoms with Crippen molar-refractivity contribution in [1.29, 1.82) is 0 Å². The Balaban J connectivity index is 1.73. The van der Waals surface area contributed by atoms with Crippen molar-refractivity contribution in [3.8, 4) is 0 Å². The molecule has 0 bridgehead atoms. The third kappa shape index (κ3) is 3.58. The Morgan fingerprint density at radius 1 is 1.25 bits per heavy atom. The van der Waals surface area contributed by atoms with Crippen molar-refractivity contribution in [2.45, 2.75) is 38.3 Å². The highest BCUT2D eigenvalue weighted by atomic mass is 19.4. The van der Waals surface area contributed by atoms with Crippen molar-refractivity contribution < 1.29 is 22.4 Å². The molecule has 0 atom stereocenters. The number of alkyl halides is 3. The first-order valence-electron chi connectivity index (χ1n) is 7.72. The fraction of sp³-hybridized carbons (Fsp3) is 0.438. The van der Waals surface area contributed by atoms with E-state index in [9.17, 15) is 18.0 Å². The number of rotatable bonds is 4. The van der Waals surface area contributed by atoms with Crippen molar-refractivity contribution in [2.75, 3.05) is 6.54 Å². The third-order valence-corrected chi connectivity index (χ3v) is 3.88. The summed E-state index contributed by atoms with van der Waals surface area (Å²) in [4.78, 5) is 19.7. The fourth-order valence-electron chi connectivity index (χ4n) is 2.77. The second-order valence-corrected chi connectivity index (χ2v) is 5.60. The number of halogens is 3. The number of aryl methyl sites for hydroxylation is 1. The number of aromatic nitrogens is 2. The van der Waals surface area contributed by atoms with E-state index in [1.165, 1.54) is 12.3 Å². The van der Waals surface area contributed by atoms with Crippen LogP contribution in [0.4, 0.5) is 13.2 Å². The Bertz CT molecular complexity index is 727. The molecule has 0 aliphatic heterocycles. The Kier molecular flexibility index (Phi) is 4.55. The molecular weight excluding hydrogens is 323 g/mol. The maximum Gasteiger partial charge on any atom is 0.433 e. The monoisotopic (exact) mass is 339 g/mol. The van der Waals surface area contributed by atoms with Gasteiger partial charge in [0.25, 0.3) is 5.91 Å². The van der Waals surface area contributed by atoms with E-state index in [0.717, 1.165) is 12.8 Å². The van der Waals surface area contributed by atoms with E-state index in [1.54, 1.807) is 6.07 Å². The second kappa shape index (κ2) is 6.62. The maximum atomic E-state index is 13.2. The summed E-state index contributed by atoms with van der Waals surface area (Å²) in [7, 11) is 0. The van der Waals surface area contributed by atoms with Gasteiger partial charge in [0.15, 0.2) is 11.5 Å². The van der Waals surface area contributed by atoms with Crippen LogP contribution in [0.5, 0.6) is 0 Å². The molecule has 0 radical (unpaired) electrons. The number of hydrogen-bond donors (Lipinski definition) is 1. The maximum absolute atomic E-state index is 13.2. The average molecular weight is 339 g/mol. The van der Waals surface area contributed by atoms with Crippen LogP contribution in [-0.4, -0.2) is 22.4 Å². The summed E-state index contributed by atoms with van der Waals surface area (Å²) in [5, 5.41) is 2.58. The molecule has 0 saturated heterocycles. The Hall–Kier alpha value is -2.38. The predicted molar refractivity (Wildman–Crippen MR) is 78.4 cm³/mol. The van der Waals surface area contributed by atoms with Crippen LogP contribution in [0.2, 0.25) is 0 Å². The lowest BCUT2D eigenvalue weighted by Gasteiger charge is -2.20. The fourth-order valence-corrected chi connectivity index (χ4v) is 2.77. The summed E-state index contributed by atoms with van der Waals surface area (Å²) in [6, 6.07) is 3.09. The van der Waals surface area contributed by atoms with Crippen LogP contribution in [-0.2, 0) is 25.4 Å². The van der Waals surface area contributed by atoms with Crippen molar-refractivity contribution in [3.05, 3.63) is 46.9 Å². The molecule has 0 aromatic carbocycles. The highest BCUT2D eigenvalue weighted by Gasteiger charge is 2.37. The molecule has 2 heterocycles. The zero-order chi connectivity index (χ0) is 17.2. The topological polar surface area (TPSA) is 68.0 Å². The summed E-state index contributed by atoms with van der Waals surface area (Å²) in [5.41, 5.74) is -0.132. The number of fused-ring (bicyclic) bond motifs is 1. The average Bonchev–Trinajstić information content (AvgIpc) is 3.07. The molecule has 0 fully saturated rings. The molecule has 2 aromatic rings. The zero-order valence-electron chi connectivity index (χ0n) is 12.8. The zero-order valence-corrected chi connectivity index (χ0v) is 12.8. The molecule has 1 aliphatic rings. The van der Waals surface area contributed by atoms with Gasteiger partial charge in [0.1, 0.15) is 5.82 Å². The molecule has 5 nitrogen and oxygen atoms in total. The molecule has 8 heteroatoms. The number of carbonyl (C=O) groups excluding carboxylic acids is 1. The van der Waals surface area contributed by atoms with Gasteiger partial charge in [-0.3, -0.25) is 4.79 Å². The van der Waals surface area contributed by atoms with Crippen molar-refractivity contribution in [2.24, 2.45) is 0 Å². The summed E-state index contributed by atoms with van der Waals surface area (Å²) < 4.78 is 44.6. The molecule has 1 amide bonds. The molecule has 2 aromatic heterocycles. The number of hydrogen-bond acceptors (Lipinski definition) is 4. The Labute approximate surface area is 136 Å². The quantitative estimate of drug-likeness (QED) is 0.930. The van der Waals surface area contributed by atoms with E-state index in [1.807, 2.05) is 0 Å². The molecule has 128 valence electrons. The number of carbonyl (C=O) groups is 1. The smallest absolute Gasteiger partial charge is 0.433 e. The van der Waals surface area contributed by atoms with Gasteiger partial charge in [0, 0.05) is 24.2 Å². The van der Waals surface area contributed by atoms with E-state index in [0.29, 0.717) is 18.5 Å². The first kappa shape index (κ1) is 16.5. The minimum atomic E-state index is -4.49. The predicted octanol–water partition coefficient (Wildman–Crippen LogP) is 2.94. The summed E-state index contributed by atoms with van der Waals surface area (Å²) >= 11 is 0. The van der Waals surface area contributed by atoms with Gasteiger partial charge in [-0.25, -0.2) is 9.97 Å². The number of nitrogens with zero attached hydrogens (tertiary/aromatic N) is 2. The van der Waals surface area contributed by atoms with Crippen LogP contribution in [0.25, 0.3) is 0 Å². The molecule has 1 aliphatic carbocycles. The van der Waals surface area contributed by atoms with Crippen LogP contribution >= 0.6 is 0 Å². The molecule has 0 unspecified atom stereocenters. The lowest BCUT2D eigenvalue weighted by atomic mass is 9.94. The largest absolute Gasteiger partial charge is 0.459 e. The highest BCUT2D eigenvalue weighted by molar-refractivity contribution is 5.91. The van der Waals surface area contributed by atoms with Crippen LogP contribution in [0.15, 0.2) is 22.8 Å². The second-order valence-electron chi connectivity index (χ2n) is 5.60. The van der Waals surface area contributed by atoms with E-state index < -0.39 is 17.8 Å². The van der Waals surface area contributed by atoms with Crippen LogP contribution in [0, 0.1) is 0 Å². The Morgan fingerprint density at radius 3 is 2.75 bits per heavy atom. The summed E-state index contributed by atoms with van der Waals surface area (Å²) in [5.74, 6) is -0.172. The van der Waals surface area contributed by atoms with Gasteiger partial charge >= 0.3 is 6.18 Å². The van der Waals surface area contributed by atoms with Gasteiger partial charge in [0.2, 0.25) is 0 Å². The summed E-state index contributed by atoms with van der Waals surface area (Å²) in [6.07, 6.45) is -0.545. The van der Waals surface area contributed by atoms with Gasteiger partial charge < -0.3 is 9.73 Å². The Morgan fingerprint density at radius 2 is 2.04 bits per heavy atom. The minimum absolute atomic E-state index is 0.0997. The standard InChI is InChI=1S/C16H16F3N3O2/c17-16(18,19)14-10-4-1-2-5-11(10)21-13(22-14)7-8-20-15(23)12-6-3-9-24-12/h3,6,9H,1-2,4-5,7-8H2,(H,20,23). The van der Waals surface area contributed by atoms with Crippen LogP contribution in [0.3, 0.4) is 0 Å². The van der Waals surface area contributed by atoms with E-state index in [2.05, 4.69) is 15.3 Å². The molecular formula is C16H16F3N3O2. The van der Waals surface area contributed by atoms with Gasteiger partial charge in [-0.2, -0.15) is 13.2 Å². The van der Waals surface area contributed by atoms with Gasteiger partial charge in [-0.1, -0.05) is 0 Å². The molecule has 3 rings (SSSR count). The van der Waals surface area contributed by atoms with Gasteiger partial charge in [-0.15, -0.1) is 0 Å². The third-order valence-electron chi connectivity index (χ3n) is 3.88. The first-order valence-corrected chi connectivity index (χ1v) is 7.72.